The summed E-state index contributed by atoms with van der Waals surface area (Å²) < 4.78 is 39.5. The lowest BCUT2D eigenvalue weighted by Gasteiger charge is -2.19. The summed E-state index contributed by atoms with van der Waals surface area (Å²) in [6.45, 7) is -1.36. The fourth-order valence-corrected chi connectivity index (χ4v) is 3.20. The molecular weight excluding hydrogens is 381 g/mol. The monoisotopic (exact) mass is 394 g/mol. The van der Waals surface area contributed by atoms with Crippen molar-refractivity contribution in [3.8, 4) is 6.07 Å². The first-order chi connectivity index (χ1) is 12.8. The summed E-state index contributed by atoms with van der Waals surface area (Å²) >= 11 is 0.0499. The van der Waals surface area contributed by atoms with Crippen molar-refractivity contribution in [2.45, 2.75) is 23.3 Å². The highest BCUT2D eigenvalue weighted by Gasteiger charge is 2.47. The molecule has 140 valence electrons. The second-order valence-corrected chi connectivity index (χ2v) is 6.65. The summed E-state index contributed by atoms with van der Waals surface area (Å²) in [6, 6.07) is 6.39. The van der Waals surface area contributed by atoms with Crippen LogP contribution >= 0.6 is 12.1 Å². The molecule has 27 heavy (non-hydrogen) atoms. The minimum atomic E-state index is -3.12. The molecule has 0 bridgehead atoms. The van der Waals surface area contributed by atoms with Gasteiger partial charge in [0.15, 0.2) is 0 Å². The minimum absolute atomic E-state index is 0.0499. The summed E-state index contributed by atoms with van der Waals surface area (Å²) in [5.41, 5.74) is 0.618. The Kier molecular flexibility index (Phi) is 5.23. The van der Waals surface area contributed by atoms with Gasteiger partial charge in [-0.2, -0.15) is 9.15 Å². The normalized spacial score (nSPS) is 18.3. The van der Waals surface area contributed by atoms with Gasteiger partial charge < -0.3 is 10.2 Å². The lowest BCUT2D eigenvalue weighted by atomic mass is 10.1. The first-order valence-electron chi connectivity index (χ1n) is 7.87. The van der Waals surface area contributed by atoms with Crippen molar-refractivity contribution in [1.29, 1.82) is 5.26 Å². The molecule has 0 radical (unpaired) electrons. The lowest BCUT2D eigenvalue weighted by molar-refractivity contribution is -0.131. The number of pyridine rings is 1. The summed E-state index contributed by atoms with van der Waals surface area (Å²) in [6.07, 6.45) is 0.658. The molecular formula is C17H13F3N4O2S. The number of nitriles is 1. The number of carbonyl (C=O) groups is 2. The van der Waals surface area contributed by atoms with E-state index in [2.05, 4.69) is 10.3 Å². The highest BCUT2D eigenvalue weighted by atomic mass is 32.2. The van der Waals surface area contributed by atoms with Crippen molar-refractivity contribution in [3.63, 3.8) is 0 Å². The van der Waals surface area contributed by atoms with E-state index in [4.69, 9.17) is 5.26 Å². The van der Waals surface area contributed by atoms with Gasteiger partial charge in [0.2, 0.25) is 5.91 Å². The number of hydrogen-bond donors (Lipinski definition) is 1. The second-order valence-electron chi connectivity index (χ2n) is 6.02. The van der Waals surface area contributed by atoms with Crippen LogP contribution in [0, 0.1) is 11.3 Å². The fourth-order valence-electron chi connectivity index (χ4n) is 2.92. The average molecular weight is 394 g/mol. The third kappa shape index (κ3) is 3.98. The Labute approximate surface area is 156 Å². The van der Waals surface area contributed by atoms with Crippen molar-refractivity contribution in [2.24, 2.45) is 0 Å². The zero-order valence-corrected chi connectivity index (χ0v) is 14.6. The third-order valence-corrected chi connectivity index (χ3v) is 4.62. The molecule has 1 N–H and O–H groups in total. The molecule has 1 unspecified atom stereocenters. The zero-order chi connectivity index (χ0) is 19.6. The Morgan fingerprint density at radius 2 is 2.19 bits per heavy atom. The Morgan fingerprint density at radius 1 is 1.41 bits per heavy atom. The van der Waals surface area contributed by atoms with Gasteiger partial charge >= 0.3 is 0 Å². The van der Waals surface area contributed by atoms with Crippen LogP contribution in [0.3, 0.4) is 0 Å². The van der Waals surface area contributed by atoms with Gasteiger partial charge in [0.25, 0.3) is 11.8 Å². The van der Waals surface area contributed by atoms with Gasteiger partial charge in [-0.1, -0.05) is 6.07 Å². The molecule has 0 spiro atoms. The van der Waals surface area contributed by atoms with Crippen LogP contribution in [0.2, 0.25) is 0 Å². The van der Waals surface area contributed by atoms with Gasteiger partial charge in [-0.25, -0.2) is 8.78 Å². The number of likely N-dealkylation sites (tertiary alicyclic amines) is 1. The Morgan fingerprint density at radius 3 is 2.89 bits per heavy atom. The number of benzene rings is 1. The van der Waals surface area contributed by atoms with E-state index in [1.807, 2.05) is 0 Å². The van der Waals surface area contributed by atoms with E-state index in [9.17, 15) is 22.3 Å². The molecule has 6 nitrogen and oxygen atoms in total. The topological polar surface area (TPSA) is 86.1 Å². The molecule has 10 heteroatoms. The number of hydrogen-bond acceptors (Lipinski definition) is 5. The average Bonchev–Trinajstić information content (AvgIpc) is 2.99. The number of aromatic nitrogens is 1. The molecule has 1 aliphatic rings. The van der Waals surface area contributed by atoms with Gasteiger partial charge in [0, 0.05) is 22.9 Å². The van der Waals surface area contributed by atoms with Gasteiger partial charge in [-0.05, 0) is 18.2 Å². The maximum absolute atomic E-state index is 13.4. The quantitative estimate of drug-likeness (QED) is 0.862. The number of nitrogens with one attached hydrogen (secondary N) is 1. The summed E-state index contributed by atoms with van der Waals surface area (Å²) in [5, 5.41) is 11.8. The molecule has 1 aliphatic heterocycles. The Balaban J connectivity index is 1.72. The smallest absolute Gasteiger partial charge is 0.268 e. The van der Waals surface area contributed by atoms with Crippen molar-refractivity contribution in [3.05, 3.63) is 36.0 Å². The summed E-state index contributed by atoms with van der Waals surface area (Å²) in [4.78, 5) is 29.7. The van der Waals surface area contributed by atoms with E-state index in [0.29, 0.717) is 15.8 Å². The van der Waals surface area contributed by atoms with Crippen molar-refractivity contribution in [1.82, 2.24) is 15.2 Å². The third-order valence-electron chi connectivity index (χ3n) is 4.19. The zero-order valence-electron chi connectivity index (χ0n) is 13.8. The standard InChI is InChI=1S/C17H13F3N4O2S/c18-17(19)6-10(7-21)24(9-17)15(25)8-23-16(26)13-3-4-22-14-5-11(27-20)1-2-12(13)14/h1-5,10H,6,8-9H2,(H,23,26). The number of carbonyl (C=O) groups excluding carboxylic acids is 2. The van der Waals surface area contributed by atoms with Gasteiger partial charge in [0.05, 0.1) is 42.4 Å². The van der Waals surface area contributed by atoms with Crippen molar-refractivity contribution < 1.29 is 22.3 Å². The minimum Gasteiger partial charge on any atom is -0.343 e. The van der Waals surface area contributed by atoms with E-state index in [0.717, 1.165) is 4.90 Å². The maximum atomic E-state index is 13.4. The number of fused-ring (bicyclic) bond motifs is 1. The molecule has 0 aliphatic carbocycles. The largest absolute Gasteiger partial charge is 0.343 e. The van der Waals surface area contributed by atoms with Crippen LogP contribution in [0.5, 0.6) is 0 Å². The highest BCUT2D eigenvalue weighted by molar-refractivity contribution is 7.94. The second kappa shape index (κ2) is 7.44. The maximum Gasteiger partial charge on any atom is 0.268 e. The molecule has 1 fully saturated rings. The number of alkyl halides is 2. The van der Waals surface area contributed by atoms with Crippen LogP contribution in [0.4, 0.5) is 12.7 Å². The first kappa shape index (κ1) is 19.0. The van der Waals surface area contributed by atoms with E-state index < -0.39 is 43.3 Å². The van der Waals surface area contributed by atoms with Crippen molar-refractivity contribution in [2.75, 3.05) is 13.1 Å². The van der Waals surface area contributed by atoms with E-state index in [-0.39, 0.29) is 17.7 Å². The fraction of sp³-hybridized carbons (Fsp3) is 0.294. The lowest BCUT2D eigenvalue weighted by Crippen LogP contribution is -2.43. The predicted molar refractivity (Wildman–Crippen MR) is 91.7 cm³/mol. The molecule has 0 saturated carbocycles. The van der Waals surface area contributed by atoms with Gasteiger partial charge in [-0.3, -0.25) is 14.6 Å². The number of halogens is 3. The highest BCUT2D eigenvalue weighted by Crippen LogP contribution is 2.31. The van der Waals surface area contributed by atoms with E-state index in [1.165, 1.54) is 30.5 Å². The Hall–Kier alpha value is -2.80. The van der Waals surface area contributed by atoms with Crippen LogP contribution < -0.4 is 5.32 Å². The number of nitrogens with zero attached hydrogens (tertiary/aromatic N) is 3. The SMILES string of the molecule is N#CC1CC(F)(F)CN1C(=O)CNC(=O)c1ccnc2cc(SF)ccc12. The molecule has 1 aromatic carbocycles. The van der Waals surface area contributed by atoms with E-state index in [1.54, 1.807) is 6.07 Å². The molecule has 2 amide bonds. The Bertz CT molecular complexity index is 947. The number of rotatable bonds is 4. The number of amides is 2. The molecule has 2 heterocycles. The summed E-state index contributed by atoms with van der Waals surface area (Å²) in [7, 11) is 0. The van der Waals surface area contributed by atoms with Crippen LogP contribution in [0.15, 0.2) is 35.4 Å². The van der Waals surface area contributed by atoms with Gasteiger partial charge in [0.1, 0.15) is 6.04 Å². The molecule has 2 aromatic rings. The van der Waals surface area contributed by atoms with E-state index >= 15 is 0 Å². The first-order valence-corrected chi connectivity index (χ1v) is 8.59. The molecule has 1 saturated heterocycles. The van der Waals surface area contributed by atoms with Crippen LogP contribution in [0.1, 0.15) is 16.8 Å². The van der Waals surface area contributed by atoms with Crippen LogP contribution in [-0.2, 0) is 4.79 Å². The van der Waals surface area contributed by atoms with Crippen LogP contribution in [0.25, 0.3) is 10.9 Å². The molecule has 1 aromatic heterocycles. The van der Waals surface area contributed by atoms with Crippen LogP contribution in [-0.4, -0.2) is 46.8 Å². The van der Waals surface area contributed by atoms with Gasteiger partial charge in [-0.15, -0.1) is 0 Å². The van der Waals surface area contributed by atoms with Crippen molar-refractivity contribution >= 4 is 34.9 Å². The molecule has 3 rings (SSSR count). The molecule has 1 atom stereocenters. The summed E-state index contributed by atoms with van der Waals surface area (Å²) in [5.74, 6) is -4.48. The predicted octanol–water partition coefficient (Wildman–Crippen LogP) is 2.70.